The first-order valence-corrected chi connectivity index (χ1v) is 11.2. The zero-order valence-corrected chi connectivity index (χ0v) is 19.7. The van der Waals surface area contributed by atoms with Crippen molar-refractivity contribution in [1.29, 1.82) is 0 Å². The number of ether oxygens (including phenoxy) is 5. The van der Waals surface area contributed by atoms with E-state index in [9.17, 15) is 9.59 Å². The van der Waals surface area contributed by atoms with Crippen molar-refractivity contribution in [3.63, 3.8) is 0 Å². The average Bonchev–Trinajstić information content (AvgIpc) is 2.86. The Kier molecular flexibility index (Phi) is 10.1. The molecule has 0 aliphatic carbocycles. The van der Waals surface area contributed by atoms with Crippen molar-refractivity contribution in [2.24, 2.45) is 0 Å². The van der Waals surface area contributed by atoms with Crippen molar-refractivity contribution >= 4 is 22.8 Å². The summed E-state index contributed by atoms with van der Waals surface area (Å²) in [6.07, 6.45) is -0.578. The third kappa shape index (κ3) is 8.44. The van der Waals surface area contributed by atoms with Crippen LogP contribution in [0.15, 0.2) is 78.9 Å². The van der Waals surface area contributed by atoms with Gasteiger partial charge >= 0.3 is 12.1 Å². The van der Waals surface area contributed by atoms with E-state index in [1.807, 2.05) is 60.7 Å². The first-order chi connectivity index (χ1) is 17.0. The monoisotopic (exact) mass is 479 g/mol. The molecule has 3 rings (SSSR count). The summed E-state index contributed by atoms with van der Waals surface area (Å²) in [5.41, 5.74) is 0.349. The fourth-order valence-corrected chi connectivity index (χ4v) is 3.05. The molecule has 3 aromatic carbocycles. The third-order valence-electron chi connectivity index (χ3n) is 4.71. The lowest BCUT2D eigenvalue weighted by Gasteiger charge is -2.12. The van der Waals surface area contributed by atoms with Crippen molar-refractivity contribution in [2.45, 2.75) is 6.92 Å². The lowest BCUT2D eigenvalue weighted by Crippen LogP contribution is -2.30. The zero-order valence-electron chi connectivity index (χ0n) is 19.7. The highest BCUT2D eigenvalue weighted by atomic mass is 16.6. The number of amides is 1. The summed E-state index contributed by atoms with van der Waals surface area (Å²) in [5, 5.41) is 4.26. The molecule has 0 bridgehead atoms. The third-order valence-corrected chi connectivity index (χ3v) is 4.71. The standard InChI is InChI=1S/C27H29NO7/c1-20(2)26(29)33-19-18-32-17-16-31-15-14-28-27(30)35-25-13-7-10-22-23(25)11-6-12-24(22)34-21-8-4-3-5-9-21/h3-13H,1,14-19H2,2H3,(H,28,30). The van der Waals surface area contributed by atoms with Gasteiger partial charge in [0, 0.05) is 22.9 Å². The molecule has 0 aliphatic rings. The van der Waals surface area contributed by atoms with E-state index in [1.54, 1.807) is 13.0 Å². The molecule has 0 spiro atoms. The Hall–Kier alpha value is -3.88. The normalized spacial score (nSPS) is 10.5. The summed E-state index contributed by atoms with van der Waals surface area (Å²) >= 11 is 0. The van der Waals surface area contributed by atoms with E-state index in [0.29, 0.717) is 36.9 Å². The quantitative estimate of drug-likeness (QED) is 0.212. The Labute approximate surface area is 204 Å². The molecule has 0 fully saturated rings. The topological polar surface area (TPSA) is 92.3 Å². The molecule has 0 heterocycles. The van der Waals surface area contributed by atoms with Crippen molar-refractivity contribution in [2.75, 3.05) is 39.6 Å². The van der Waals surface area contributed by atoms with Gasteiger partial charge in [0.15, 0.2) is 0 Å². The minimum Gasteiger partial charge on any atom is -0.460 e. The van der Waals surface area contributed by atoms with E-state index in [4.69, 9.17) is 23.7 Å². The van der Waals surface area contributed by atoms with Gasteiger partial charge in [0.25, 0.3) is 0 Å². The molecule has 1 amide bonds. The summed E-state index contributed by atoms with van der Waals surface area (Å²) in [4.78, 5) is 23.5. The lowest BCUT2D eigenvalue weighted by molar-refractivity contribution is -0.140. The maximum atomic E-state index is 12.2. The van der Waals surface area contributed by atoms with Crippen LogP contribution < -0.4 is 14.8 Å². The molecular weight excluding hydrogens is 450 g/mol. The predicted molar refractivity (Wildman–Crippen MR) is 132 cm³/mol. The van der Waals surface area contributed by atoms with Gasteiger partial charge in [0.2, 0.25) is 0 Å². The van der Waals surface area contributed by atoms with Crippen LogP contribution in [0.4, 0.5) is 4.79 Å². The summed E-state index contributed by atoms with van der Waals surface area (Å²) in [7, 11) is 0. The molecule has 8 heteroatoms. The van der Waals surface area contributed by atoms with Crippen LogP contribution in [0.5, 0.6) is 17.2 Å². The molecule has 0 aliphatic heterocycles. The molecule has 0 atom stereocenters. The van der Waals surface area contributed by atoms with E-state index >= 15 is 0 Å². The first kappa shape index (κ1) is 25.7. The molecule has 8 nitrogen and oxygen atoms in total. The molecule has 0 saturated heterocycles. The van der Waals surface area contributed by atoms with E-state index in [-0.39, 0.29) is 19.8 Å². The maximum Gasteiger partial charge on any atom is 0.412 e. The number of carbonyl (C=O) groups excluding carboxylic acids is 2. The number of rotatable bonds is 13. The van der Waals surface area contributed by atoms with E-state index in [1.165, 1.54) is 0 Å². The van der Waals surface area contributed by atoms with E-state index < -0.39 is 12.1 Å². The second kappa shape index (κ2) is 13.7. The summed E-state index contributed by atoms with van der Waals surface area (Å²) in [6.45, 7) is 6.79. The Balaban J connectivity index is 1.37. The SMILES string of the molecule is C=C(C)C(=O)OCCOCCOCCNC(=O)Oc1cccc2c(Oc3ccccc3)cccc12. The van der Waals surface area contributed by atoms with Crippen LogP contribution in [0.2, 0.25) is 0 Å². The molecule has 0 radical (unpaired) electrons. The van der Waals surface area contributed by atoms with Crippen LogP contribution in [0, 0.1) is 0 Å². The fourth-order valence-electron chi connectivity index (χ4n) is 3.05. The van der Waals surface area contributed by atoms with Gasteiger partial charge in [-0.3, -0.25) is 0 Å². The molecule has 0 saturated carbocycles. The van der Waals surface area contributed by atoms with Gasteiger partial charge in [-0.25, -0.2) is 9.59 Å². The summed E-state index contributed by atoms with van der Waals surface area (Å²) in [6, 6.07) is 20.5. The van der Waals surface area contributed by atoms with E-state index in [2.05, 4.69) is 11.9 Å². The average molecular weight is 480 g/mol. The van der Waals surface area contributed by atoms with Crippen molar-refractivity contribution < 1.29 is 33.3 Å². The maximum absolute atomic E-state index is 12.2. The fraction of sp³-hybridized carbons (Fsp3) is 0.259. The number of para-hydroxylation sites is 1. The molecule has 0 unspecified atom stereocenters. The first-order valence-electron chi connectivity index (χ1n) is 11.2. The van der Waals surface area contributed by atoms with Crippen LogP contribution in [0.25, 0.3) is 10.8 Å². The number of carbonyl (C=O) groups is 2. The highest BCUT2D eigenvalue weighted by molar-refractivity contribution is 5.94. The van der Waals surface area contributed by atoms with Crippen LogP contribution in [0.1, 0.15) is 6.92 Å². The number of nitrogens with one attached hydrogen (secondary N) is 1. The van der Waals surface area contributed by atoms with Crippen LogP contribution in [0.3, 0.4) is 0 Å². The predicted octanol–water partition coefficient (Wildman–Crippen LogP) is 4.87. The number of esters is 1. The largest absolute Gasteiger partial charge is 0.460 e. The highest BCUT2D eigenvalue weighted by Gasteiger charge is 2.11. The highest BCUT2D eigenvalue weighted by Crippen LogP contribution is 2.34. The number of fused-ring (bicyclic) bond motifs is 1. The van der Waals surface area contributed by atoms with Gasteiger partial charge in [0.05, 0.1) is 26.4 Å². The zero-order chi connectivity index (χ0) is 24.9. The van der Waals surface area contributed by atoms with E-state index in [0.717, 1.165) is 16.5 Å². The minimum absolute atomic E-state index is 0.160. The minimum atomic E-state index is -0.578. The summed E-state index contributed by atoms with van der Waals surface area (Å²) < 4.78 is 27.1. The molecule has 1 N–H and O–H groups in total. The van der Waals surface area contributed by atoms with Gasteiger partial charge in [0.1, 0.15) is 23.9 Å². The Morgan fingerprint density at radius 3 is 2.11 bits per heavy atom. The number of hydrogen-bond acceptors (Lipinski definition) is 7. The van der Waals surface area contributed by atoms with Crippen molar-refractivity contribution in [3.8, 4) is 17.2 Å². The van der Waals surface area contributed by atoms with Crippen LogP contribution >= 0.6 is 0 Å². The number of benzene rings is 3. The number of hydrogen-bond donors (Lipinski definition) is 1. The van der Waals surface area contributed by atoms with Crippen LogP contribution in [-0.2, 0) is 19.0 Å². The Morgan fingerprint density at radius 1 is 0.771 bits per heavy atom. The van der Waals surface area contributed by atoms with Gasteiger partial charge < -0.3 is 29.0 Å². The van der Waals surface area contributed by atoms with Crippen LogP contribution in [-0.4, -0.2) is 51.6 Å². The van der Waals surface area contributed by atoms with Gasteiger partial charge in [-0.15, -0.1) is 0 Å². The van der Waals surface area contributed by atoms with Gasteiger partial charge in [-0.1, -0.05) is 49.0 Å². The second-order valence-corrected chi connectivity index (χ2v) is 7.48. The van der Waals surface area contributed by atoms with Crippen molar-refractivity contribution in [3.05, 3.63) is 78.9 Å². The molecule has 184 valence electrons. The van der Waals surface area contributed by atoms with Gasteiger partial charge in [-0.05, 0) is 31.2 Å². The smallest absolute Gasteiger partial charge is 0.412 e. The second-order valence-electron chi connectivity index (χ2n) is 7.48. The molecule has 0 aromatic heterocycles. The van der Waals surface area contributed by atoms with Crippen molar-refractivity contribution in [1.82, 2.24) is 5.32 Å². The molecule has 35 heavy (non-hydrogen) atoms. The Morgan fingerprint density at radius 2 is 1.40 bits per heavy atom. The van der Waals surface area contributed by atoms with Gasteiger partial charge in [-0.2, -0.15) is 0 Å². The Bertz CT molecular complexity index is 1130. The molecular formula is C27H29NO7. The lowest BCUT2D eigenvalue weighted by atomic mass is 10.1. The summed E-state index contributed by atoms with van der Waals surface area (Å²) in [5.74, 6) is 1.39. The molecule has 3 aromatic rings.